The number of aryl methyl sites for hydroxylation is 1. The molecule has 2 aromatic carbocycles. The third kappa shape index (κ3) is 5.14. The Morgan fingerprint density at radius 2 is 1.89 bits per heavy atom. The molecular weight excluding hydrogens is 462 g/mol. The number of nitrogens with zero attached hydrogens (tertiary/aromatic N) is 3. The van der Waals surface area contributed by atoms with Crippen LogP contribution in [0.3, 0.4) is 0 Å². The minimum Gasteiger partial charge on any atom is -0.348 e. The summed E-state index contributed by atoms with van der Waals surface area (Å²) in [7, 11) is 0. The van der Waals surface area contributed by atoms with E-state index in [1.165, 1.54) is 4.70 Å². The van der Waals surface area contributed by atoms with Gasteiger partial charge in [0.05, 0.1) is 10.2 Å². The number of amides is 3. The lowest BCUT2D eigenvalue weighted by atomic mass is 9.97. The predicted molar refractivity (Wildman–Crippen MR) is 139 cm³/mol. The number of benzene rings is 2. The van der Waals surface area contributed by atoms with E-state index in [1.54, 1.807) is 28.4 Å². The van der Waals surface area contributed by atoms with Gasteiger partial charge in [-0.05, 0) is 61.9 Å². The molecule has 3 amide bonds. The first kappa shape index (κ1) is 23.3. The number of piperidine rings is 1. The van der Waals surface area contributed by atoms with Crippen LogP contribution in [0.5, 0.6) is 0 Å². The average Bonchev–Trinajstić information content (AvgIpc) is 3.50. The Hall–Kier alpha value is -3.46. The van der Waals surface area contributed by atoms with Crippen molar-refractivity contribution < 1.29 is 14.4 Å². The maximum atomic E-state index is 12.5. The molecule has 0 bridgehead atoms. The van der Waals surface area contributed by atoms with Gasteiger partial charge in [0, 0.05) is 44.0 Å². The number of carbonyl (C=O) groups excluding carboxylic acids is 3. The molecule has 2 N–H and O–H groups in total. The van der Waals surface area contributed by atoms with E-state index in [4.69, 9.17) is 4.98 Å². The second kappa shape index (κ2) is 10.0. The van der Waals surface area contributed by atoms with Crippen molar-refractivity contribution in [2.24, 2.45) is 5.92 Å². The van der Waals surface area contributed by atoms with Crippen molar-refractivity contribution >= 4 is 55.8 Å². The summed E-state index contributed by atoms with van der Waals surface area (Å²) < 4.78 is 1.19. The molecule has 5 rings (SSSR count). The van der Waals surface area contributed by atoms with E-state index in [2.05, 4.69) is 21.6 Å². The van der Waals surface area contributed by atoms with Crippen LogP contribution in [0.1, 0.15) is 31.2 Å². The molecule has 35 heavy (non-hydrogen) atoms. The molecule has 0 aliphatic carbocycles. The van der Waals surface area contributed by atoms with Crippen molar-refractivity contribution in [1.82, 2.24) is 10.3 Å². The topological polar surface area (TPSA) is 94.6 Å². The maximum Gasteiger partial charge on any atom is 0.313 e. The first-order valence-corrected chi connectivity index (χ1v) is 12.9. The fourth-order valence-electron chi connectivity index (χ4n) is 4.71. The molecule has 2 saturated heterocycles. The van der Waals surface area contributed by atoms with E-state index >= 15 is 0 Å². The Bertz CT molecular complexity index is 1230. The standard InChI is InChI=1S/C26H29N5O3S/c1-17-8-9-19(15-21(17)31-12-4-7-23(31)32)28-25(34)24(33)27-16-18-10-13-30(14-11-18)26-29-20-5-2-3-6-22(20)35-26/h2-3,5-6,8-9,15,18H,4,7,10-14,16H2,1H3,(H,27,33)(H,28,34). The first-order chi connectivity index (χ1) is 17.0. The van der Waals surface area contributed by atoms with Crippen LogP contribution >= 0.6 is 11.3 Å². The average molecular weight is 492 g/mol. The van der Waals surface area contributed by atoms with Gasteiger partial charge in [0.15, 0.2) is 5.13 Å². The summed E-state index contributed by atoms with van der Waals surface area (Å²) in [5.41, 5.74) is 3.28. The van der Waals surface area contributed by atoms with E-state index in [1.807, 2.05) is 31.2 Å². The molecule has 9 heteroatoms. The highest BCUT2D eigenvalue weighted by molar-refractivity contribution is 7.22. The van der Waals surface area contributed by atoms with Crippen molar-refractivity contribution in [3.05, 3.63) is 48.0 Å². The van der Waals surface area contributed by atoms with Crippen LogP contribution in [0.4, 0.5) is 16.5 Å². The molecule has 0 unspecified atom stereocenters. The zero-order valence-corrected chi connectivity index (χ0v) is 20.6. The summed E-state index contributed by atoms with van der Waals surface area (Å²) in [6, 6.07) is 13.5. The smallest absolute Gasteiger partial charge is 0.313 e. The number of carbonyl (C=O) groups is 3. The van der Waals surface area contributed by atoms with Gasteiger partial charge in [-0.25, -0.2) is 4.98 Å². The summed E-state index contributed by atoms with van der Waals surface area (Å²) in [4.78, 5) is 45.8. The third-order valence-electron chi connectivity index (χ3n) is 6.76. The monoisotopic (exact) mass is 491 g/mol. The number of aromatic nitrogens is 1. The highest BCUT2D eigenvalue weighted by atomic mass is 32.1. The van der Waals surface area contributed by atoms with Gasteiger partial charge in [-0.15, -0.1) is 0 Å². The number of para-hydroxylation sites is 1. The molecule has 182 valence electrons. The minimum absolute atomic E-state index is 0.0866. The number of thiazole rings is 1. The Labute approximate surface area is 208 Å². The molecule has 1 aromatic heterocycles. The van der Waals surface area contributed by atoms with Crippen molar-refractivity contribution in [3.8, 4) is 0 Å². The van der Waals surface area contributed by atoms with Gasteiger partial charge in [0.1, 0.15) is 0 Å². The van der Waals surface area contributed by atoms with Gasteiger partial charge in [0.25, 0.3) is 0 Å². The highest BCUT2D eigenvalue weighted by Crippen LogP contribution is 2.31. The zero-order valence-electron chi connectivity index (χ0n) is 19.8. The highest BCUT2D eigenvalue weighted by Gasteiger charge is 2.25. The quantitative estimate of drug-likeness (QED) is 0.531. The number of anilines is 3. The lowest BCUT2D eigenvalue weighted by molar-refractivity contribution is -0.136. The molecule has 2 aliphatic heterocycles. The largest absolute Gasteiger partial charge is 0.348 e. The Balaban J connectivity index is 1.11. The van der Waals surface area contributed by atoms with Crippen LogP contribution in [0.2, 0.25) is 0 Å². The van der Waals surface area contributed by atoms with E-state index in [0.29, 0.717) is 31.1 Å². The van der Waals surface area contributed by atoms with Crippen LogP contribution in [-0.4, -0.2) is 48.9 Å². The van der Waals surface area contributed by atoms with Gasteiger partial charge in [-0.3, -0.25) is 14.4 Å². The third-order valence-corrected chi connectivity index (χ3v) is 7.85. The normalized spacial score (nSPS) is 16.7. The van der Waals surface area contributed by atoms with Crippen molar-refractivity contribution in [1.29, 1.82) is 0 Å². The minimum atomic E-state index is -0.695. The lowest BCUT2D eigenvalue weighted by Crippen LogP contribution is -2.41. The molecule has 2 aliphatic rings. The molecule has 3 heterocycles. The fraction of sp³-hybridized carbons (Fsp3) is 0.385. The molecule has 0 radical (unpaired) electrons. The summed E-state index contributed by atoms with van der Waals surface area (Å²) in [5, 5.41) is 6.50. The maximum absolute atomic E-state index is 12.5. The predicted octanol–water partition coefficient (Wildman–Crippen LogP) is 3.70. The Kier molecular flexibility index (Phi) is 6.68. The van der Waals surface area contributed by atoms with Crippen LogP contribution < -0.4 is 20.4 Å². The van der Waals surface area contributed by atoms with Crippen LogP contribution in [-0.2, 0) is 14.4 Å². The van der Waals surface area contributed by atoms with Crippen molar-refractivity contribution in [2.75, 3.05) is 41.3 Å². The number of fused-ring (bicyclic) bond motifs is 1. The van der Waals surface area contributed by atoms with Gasteiger partial charge in [0.2, 0.25) is 5.91 Å². The summed E-state index contributed by atoms with van der Waals surface area (Å²) >= 11 is 1.71. The molecular formula is C26H29N5O3S. The van der Waals surface area contributed by atoms with E-state index in [0.717, 1.165) is 54.3 Å². The van der Waals surface area contributed by atoms with Crippen LogP contribution in [0, 0.1) is 12.8 Å². The van der Waals surface area contributed by atoms with Gasteiger partial charge < -0.3 is 20.4 Å². The number of hydrogen-bond acceptors (Lipinski definition) is 6. The first-order valence-electron chi connectivity index (χ1n) is 12.1. The summed E-state index contributed by atoms with van der Waals surface area (Å²) in [6.45, 7) is 4.85. The summed E-state index contributed by atoms with van der Waals surface area (Å²) in [6.07, 6.45) is 3.24. The summed E-state index contributed by atoms with van der Waals surface area (Å²) in [5.74, 6) is -0.925. The molecule has 2 fully saturated rings. The molecule has 0 saturated carbocycles. The van der Waals surface area contributed by atoms with Crippen molar-refractivity contribution in [3.63, 3.8) is 0 Å². The van der Waals surface area contributed by atoms with Crippen LogP contribution in [0.25, 0.3) is 10.2 Å². The SMILES string of the molecule is Cc1ccc(NC(=O)C(=O)NCC2CCN(c3nc4ccccc4s3)CC2)cc1N1CCCC1=O. The molecule has 8 nitrogen and oxygen atoms in total. The Morgan fingerprint density at radius 1 is 1.09 bits per heavy atom. The van der Waals surface area contributed by atoms with E-state index in [9.17, 15) is 14.4 Å². The van der Waals surface area contributed by atoms with Crippen LogP contribution in [0.15, 0.2) is 42.5 Å². The molecule has 3 aromatic rings. The van der Waals surface area contributed by atoms with E-state index < -0.39 is 11.8 Å². The van der Waals surface area contributed by atoms with Crippen molar-refractivity contribution in [2.45, 2.75) is 32.6 Å². The molecule has 0 spiro atoms. The zero-order chi connectivity index (χ0) is 24.4. The van der Waals surface area contributed by atoms with Gasteiger partial charge in [-0.1, -0.05) is 29.5 Å². The van der Waals surface area contributed by atoms with Gasteiger partial charge >= 0.3 is 11.8 Å². The fourth-order valence-corrected chi connectivity index (χ4v) is 5.73. The Morgan fingerprint density at radius 3 is 2.63 bits per heavy atom. The number of nitrogens with one attached hydrogen (secondary N) is 2. The number of rotatable bonds is 5. The second-order valence-corrected chi connectivity index (χ2v) is 10.2. The lowest BCUT2D eigenvalue weighted by Gasteiger charge is -2.31. The number of hydrogen-bond donors (Lipinski definition) is 2. The van der Waals surface area contributed by atoms with E-state index in [-0.39, 0.29) is 5.91 Å². The van der Waals surface area contributed by atoms with Gasteiger partial charge in [-0.2, -0.15) is 0 Å². The molecule has 0 atom stereocenters. The second-order valence-electron chi connectivity index (χ2n) is 9.21.